The minimum atomic E-state index is -0.326. The Morgan fingerprint density at radius 1 is 1.56 bits per heavy atom. The zero-order valence-corrected chi connectivity index (χ0v) is 5.61. The molecule has 9 heavy (non-hydrogen) atoms. The van der Waals surface area contributed by atoms with Gasteiger partial charge in [0.25, 0.3) is 0 Å². The summed E-state index contributed by atoms with van der Waals surface area (Å²) < 4.78 is 0. The molecule has 0 bridgehead atoms. The summed E-state index contributed by atoms with van der Waals surface area (Å²) in [4.78, 5) is 10.1. The van der Waals surface area contributed by atoms with Gasteiger partial charge >= 0.3 is 0 Å². The second-order valence-electron chi connectivity index (χ2n) is 1.92. The van der Waals surface area contributed by atoms with E-state index in [2.05, 4.69) is 0 Å². The fourth-order valence-corrected chi connectivity index (χ4v) is 0.451. The monoisotopic (exact) mass is 128 g/mol. The Bertz CT molecular complexity index is 120. The first-order valence-corrected chi connectivity index (χ1v) is 3.01. The van der Waals surface area contributed by atoms with Crippen molar-refractivity contribution < 1.29 is 4.79 Å². The molecule has 3 N–H and O–H groups in total. The quantitative estimate of drug-likeness (QED) is 0.537. The van der Waals surface area contributed by atoms with Gasteiger partial charge in [-0.15, -0.1) is 0 Å². The molecule has 52 valence electrons. The number of nitrogens with two attached hydrogens (primary N) is 1. The minimum absolute atomic E-state index is 0.312. The van der Waals surface area contributed by atoms with E-state index < -0.39 is 0 Å². The van der Waals surface area contributed by atoms with Crippen LogP contribution in [-0.4, -0.2) is 11.6 Å². The van der Waals surface area contributed by atoms with Crippen LogP contribution >= 0.6 is 0 Å². The van der Waals surface area contributed by atoms with Gasteiger partial charge in [0.2, 0.25) is 5.91 Å². The van der Waals surface area contributed by atoms with Crippen LogP contribution in [0.4, 0.5) is 0 Å². The molecule has 0 rings (SSSR count). The van der Waals surface area contributed by atoms with E-state index in [0.717, 1.165) is 0 Å². The molecule has 0 unspecified atom stereocenters. The number of carbonyl (C=O) groups is 1. The van der Waals surface area contributed by atoms with Crippen LogP contribution < -0.4 is 5.73 Å². The van der Waals surface area contributed by atoms with Gasteiger partial charge in [-0.3, -0.25) is 4.79 Å². The first-order valence-electron chi connectivity index (χ1n) is 3.01. The minimum Gasteiger partial charge on any atom is -0.370 e. The molecule has 0 saturated carbocycles. The highest BCUT2D eigenvalue weighted by molar-refractivity contribution is 5.85. The van der Waals surface area contributed by atoms with Gasteiger partial charge in [0.1, 0.15) is 0 Å². The molecule has 3 heteroatoms. The van der Waals surface area contributed by atoms with Gasteiger partial charge in [-0.25, -0.2) is 0 Å². The van der Waals surface area contributed by atoms with Crippen LogP contribution in [0.15, 0.2) is 0 Å². The number of carbonyl (C=O) groups excluding carboxylic acids is 1. The Morgan fingerprint density at radius 3 is 2.44 bits per heavy atom. The summed E-state index contributed by atoms with van der Waals surface area (Å²) in [5, 5.41) is 7.12. The third kappa shape index (κ3) is 5.00. The lowest BCUT2D eigenvalue weighted by Gasteiger charge is -1.94. The molecule has 0 aliphatic carbocycles. The normalized spacial score (nSPS) is 9.00. The number of rotatable bonds is 4. The van der Waals surface area contributed by atoms with Crippen molar-refractivity contribution in [3.05, 3.63) is 0 Å². The predicted octanol–water partition coefficient (Wildman–Crippen LogP) is 0.682. The zero-order valence-electron chi connectivity index (χ0n) is 5.61. The van der Waals surface area contributed by atoms with Gasteiger partial charge in [0.15, 0.2) is 0 Å². The third-order valence-corrected chi connectivity index (χ3v) is 1.10. The second kappa shape index (κ2) is 4.06. The van der Waals surface area contributed by atoms with Crippen LogP contribution in [0.5, 0.6) is 0 Å². The van der Waals surface area contributed by atoms with E-state index in [9.17, 15) is 4.79 Å². The molecule has 0 fully saturated rings. The molecule has 0 aromatic heterocycles. The van der Waals surface area contributed by atoms with E-state index in [1.54, 1.807) is 0 Å². The Hall–Kier alpha value is -0.860. The van der Waals surface area contributed by atoms with Gasteiger partial charge in [-0.1, -0.05) is 6.92 Å². The van der Waals surface area contributed by atoms with E-state index in [0.29, 0.717) is 25.0 Å². The summed E-state index contributed by atoms with van der Waals surface area (Å²) in [7, 11) is 0. The first-order chi connectivity index (χ1) is 4.16. The van der Waals surface area contributed by atoms with Gasteiger partial charge in [0, 0.05) is 12.1 Å². The molecular formula is C6H12N2O. The molecule has 0 aromatic carbocycles. The van der Waals surface area contributed by atoms with Gasteiger partial charge < -0.3 is 11.1 Å². The van der Waals surface area contributed by atoms with Crippen molar-refractivity contribution in [2.24, 2.45) is 5.73 Å². The van der Waals surface area contributed by atoms with Gasteiger partial charge in [-0.05, 0) is 12.8 Å². The Morgan fingerprint density at radius 2 is 2.11 bits per heavy atom. The van der Waals surface area contributed by atoms with Gasteiger partial charge in [-0.2, -0.15) is 0 Å². The Labute approximate surface area is 54.8 Å². The molecule has 0 aliphatic rings. The summed E-state index contributed by atoms with van der Waals surface area (Å²) in [6.07, 6.45) is 1.55. The smallest absolute Gasteiger partial charge is 0.217 e. The van der Waals surface area contributed by atoms with E-state index >= 15 is 0 Å². The first kappa shape index (κ1) is 8.14. The lowest BCUT2D eigenvalue weighted by Crippen LogP contribution is -2.11. The average Bonchev–Trinajstić information content (AvgIpc) is 1.83. The number of primary amides is 1. The third-order valence-electron chi connectivity index (χ3n) is 1.10. The maximum Gasteiger partial charge on any atom is 0.217 e. The molecule has 0 aliphatic heterocycles. The van der Waals surface area contributed by atoms with Crippen molar-refractivity contribution in [1.82, 2.24) is 0 Å². The zero-order chi connectivity index (χ0) is 7.28. The predicted molar refractivity (Wildman–Crippen MR) is 36.4 cm³/mol. The highest BCUT2D eigenvalue weighted by atomic mass is 16.1. The molecule has 0 heterocycles. The molecule has 0 saturated heterocycles. The number of hydrogen-bond donors (Lipinski definition) is 2. The number of amides is 1. The summed E-state index contributed by atoms with van der Waals surface area (Å²) >= 11 is 0. The fraction of sp³-hybridized carbons (Fsp3) is 0.667. The Balaban J connectivity index is 3.28. The molecular weight excluding hydrogens is 116 g/mol. The van der Waals surface area contributed by atoms with Crippen molar-refractivity contribution in [2.75, 3.05) is 0 Å². The largest absolute Gasteiger partial charge is 0.370 e. The standard InChI is InChI=1S/C6H12N2O/c1-2-5(7)3-4-6(8)9/h7H,2-4H2,1H3,(H2,8,9). The van der Waals surface area contributed by atoms with Gasteiger partial charge in [0.05, 0.1) is 0 Å². The van der Waals surface area contributed by atoms with E-state index in [4.69, 9.17) is 11.1 Å². The number of nitrogens with one attached hydrogen (secondary N) is 1. The highest BCUT2D eigenvalue weighted by Gasteiger charge is 1.96. The average molecular weight is 128 g/mol. The molecule has 1 amide bonds. The van der Waals surface area contributed by atoms with Crippen molar-refractivity contribution in [2.45, 2.75) is 26.2 Å². The van der Waals surface area contributed by atoms with Crippen LogP contribution in [0.2, 0.25) is 0 Å². The lowest BCUT2D eigenvalue weighted by molar-refractivity contribution is -0.117. The summed E-state index contributed by atoms with van der Waals surface area (Å²) in [6.45, 7) is 1.89. The fourth-order valence-electron chi connectivity index (χ4n) is 0.451. The van der Waals surface area contributed by atoms with Crippen molar-refractivity contribution in [3.8, 4) is 0 Å². The van der Waals surface area contributed by atoms with Crippen molar-refractivity contribution in [1.29, 1.82) is 5.41 Å². The Kier molecular flexibility index (Phi) is 3.67. The summed E-state index contributed by atoms with van der Waals surface area (Å²) in [6, 6.07) is 0. The molecule has 0 aromatic rings. The van der Waals surface area contributed by atoms with E-state index in [1.165, 1.54) is 0 Å². The molecule has 0 atom stereocenters. The van der Waals surface area contributed by atoms with Crippen LogP contribution in [0, 0.1) is 5.41 Å². The lowest BCUT2D eigenvalue weighted by atomic mass is 10.2. The van der Waals surface area contributed by atoms with Crippen LogP contribution in [-0.2, 0) is 4.79 Å². The molecule has 0 radical (unpaired) electrons. The summed E-state index contributed by atoms with van der Waals surface area (Å²) in [5.41, 5.74) is 5.45. The second-order valence-corrected chi connectivity index (χ2v) is 1.92. The SMILES string of the molecule is CCC(=N)CCC(N)=O. The topological polar surface area (TPSA) is 66.9 Å². The van der Waals surface area contributed by atoms with Crippen LogP contribution in [0.25, 0.3) is 0 Å². The van der Waals surface area contributed by atoms with E-state index in [1.807, 2.05) is 6.92 Å². The molecule has 3 nitrogen and oxygen atoms in total. The molecule has 0 spiro atoms. The van der Waals surface area contributed by atoms with Crippen LogP contribution in [0.3, 0.4) is 0 Å². The van der Waals surface area contributed by atoms with Crippen LogP contribution in [0.1, 0.15) is 26.2 Å². The number of hydrogen-bond acceptors (Lipinski definition) is 2. The maximum absolute atomic E-state index is 10.1. The van der Waals surface area contributed by atoms with E-state index in [-0.39, 0.29) is 5.91 Å². The highest BCUT2D eigenvalue weighted by Crippen LogP contribution is 1.92. The van der Waals surface area contributed by atoms with Crippen molar-refractivity contribution in [3.63, 3.8) is 0 Å². The summed E-state index contributed by atoms with van der Waals surface area (Å²) in [5.74, 6) is -0.326. The maximum atomic E-state index is 10.1. The van der Waals surface area contributed by atoms with Crippen molar-refractivity contribution >= 4 is 11.6 Å².